The second-order valence-electron chi connectivity index (χ2n) is 1.65. The van der Waals surface area contributed by atoms with Crippen molar-refractivity contribution < 1.29 is 5.11 Å². The number of hydrogen-bond donors (Lipinski definition) is 2. The number of rotatable bonds is 4. The Morgan fingerprint density at radius 2 is 2.38 bits per heavy atom. The van der Waals surface area contributed by atoms with Crippen molar-refractivity contribution >= 4 is 11.6 Å². The molecule has 0 amide bonds. The Morgan fingerprint density at radius 3 is 2.50 bits per heavy atom. The summed E-state index contributed by atoms with van der Waals surface area (Å²) in [6.45, 7) is 0.170. The Morgan fingerprint density at radius 1 is 1.75 bits per heavy atom. The van der Waals surface area contributed by atoms with Crippen LogP contribution in [0.3, 0.4) is 0 Å². The molecule has 2 N–H and O–H groups in total. The van der Waals surface area contributed by atoms with Crippen LogP contribution in [-0.4, -0.2) is 30.7 Å². The molecule has 0 saturated heterocycles. The number of aliphatic hydroxyl groups is 1. The first-order valence-corrected chi connectivity index (χ1v) is 3.22. The lowest BCUT2D eigenvalue weighted by Gasteiger charge is -2.08. The predicted molar refractivity (Wildman–Crippen MR) is 35.3 cm³/mol. The molecule has 0 aromatic carbocycles. The standard InChI is InChI=1S/C5H12ClNO/c1-7-5(4-8)2-3-6/h5,7-8H,2-4H2,1H3/t5-/m0/s1. The number of nitrogens with one attached hydrogen (secondary N) is 1. The summed E-state index contributed by atoms with van der Waals surface area (Å²) in [4.78, 5) is 0. The zero-order valence-electron chi connectivity index (χ0n) is 5.02. The molecule has 2 nitrogen and oxygen atoms in total. The summed E-state index contributed by atoms with van der Waals surface area (Å²) < 4.78 is 0. The molecule has 0 aromatic rings. The fourth-order valence-electron chi connectivity index (χ4n) is 0.459. The molecule has 0 aromatic heterocycles. The van der Waals surface area contributed by atoms with Gasteiger partial charge in [0.2, 0.25) is 0 Å². The van der Waals surface area contributed by atoms with Crippen LogP contribution in [0.1, 0.15) is 6.42 Å². The van der Waals surface area contributed by atoms with E-state index in [9.17, 15) is 0 Å². The van der Waals surface area contributed by atoms with Crippen LogP contribution in [0.15, 0.2) is 0 Å². The Labute approximate surface area is 54.8 Å². The van der Waals surface area contributed by atoms with E-state index in [0.717, 1.165) is 6.42 Å². The van der Waals surface area contributed by atoms with Crippen LogP contribution in [0.5, 0.6) is 0 Å². The highest BCUT2D eigenvalue weighted by Gasteiger charge is 1.99. The molecule has 0 spiro atoms. The van der Waals surface area contributed by atoms with Gasteiger partial charge in [0.05, 0.1) is 6.61 Å². The minimum Gasteiger partial charge on any atom is -0.395 e. The molecule has 0 aliphatic heterocycles. The van der Waals surface area contributed by atoms with Gasteiger partial charge in [-0.2, -0.15) is 0 Å². The van der Waals surface area contributed by atoms with Gasteiger partial charge in [0, 0.05) is 11.9 Å². The second kappa shape index (κ2) is 5.35. The molecule has 0 aliphatic carbocycles. The van der Waals surface area contributed by atoms with Crippen molar-refractivity contribution in [3.05, 3.63) is 0 Å². The third-order valence-corrected chi connectivity index (χ3v) is 1.30. The van der Waals surface area contributed by atoms with E-state index in [1.807, 2.05) is 7.05 Å². The number of hydrogen-bond acceptors (Lipinski definition) is 2. The summed E-state index contributed by atoms with van der Waals surface area (Å²) in [7, 11) is 1.81. The van der Waals surface area contributed by atoms with E-state index in [2.05, 4.69) is 5.32 Å². The topological polar surface area (TPSA) is 32.3 Å². The average Bonchev–Trinajstić information content (AvgIpc) is 1.83. The summed E-state index contributed by atoms with van der Waals surface area (Å²) in [5.74, 6) is 0.603. The van der Waals surface area contributed by atoms with Gasteiger partial charge in [-0.15, -0.1) is 11.6 Å². The van der Waals surface area contributed by atoms with Crippen molar-refractivity contribution in [3.8, 4) is 0 Å². The monoisotopic (exact) mass is 137 g/mol. The number of aliphatic hydroxyl groups excluding tert-OH is 1. The molecule has 0 heterocycles. The summed E-state index contributed by atoms with van der Waals surface area (Å²) in [6.07, 6.45) is 0.828. The Kier molecular flexibility index (Phi) is 5.49. The van der Waals surface area contributed by atoms with Gasteiger partial charge in [-0.1, -0.05) is 0 Å². The van der Waals surface area contributed by atoms with E-state index in [4.69, 9.17) is 16.7 Å². The lowest BCUT2D eigenvalue weighted by Crippen LogP contribution is -2.29. The van der Waals surface area contributed by atoms with Gasteiger partial charge in [-0.25, -0.2) is 0 Å². The van der Waals surface area contributed by atoms with E-state index in [0.29, 0.717) is 5.88 Å². The van der Waals surface area contributed by atoms with E-state index < -0.39 is 0 Å². The van der Waals surface area contributed by atoms with Crippen LogP contribution in [-0.2, 0) is 0 Å². The Bertz CT molecular complexity index is 47.7. The second-order valence-corrected chi connectivity index (χ2v) is 2.02. The summed E-state index contributed by atoms with van der Waals surface area (Å²) in [6, 6.07) is 0.174. The van der Waals surface area contributed by atoms with Crippen LogP contribution in [0.2, 0.25) is 0 Å². The first-order valence-electron chi connectivity index (χ1n) is 2.69. The zero-order chi connectivity index (χ0) is 6.41. The lowest BCUT2D eigenvalue weighted by molar-refractivity contribution is 0.246. The molecule has 0 saturated carbocycles. The molecule has 1 atom stereocenters. The molecular weight excluding hydrogens is 126 g/mol. The maximum atomic E-state index is 8.54. The van der Waals surface area contributed by atoms with Crippen molar-refractivity contribution in [2.45, 2.75) is 12.5 Å². The maximum Gasteiger partial charge on any atom is 0.0584 e. The van der Waals surface area contributed by atoms with Crippen molar-refractivity contribution in [1.82, 2.24) is 5.32 Å². The fraction of sp³-hybridized carbons (Fsp3) is 1.00. The van der Waals surface area contributed by atoms with Crippen LogP contribution in [0.4, 0.5) is 0 Å². The van der Waals surface area contributed by atoms with Crippen LogP contribution in [0, 0.1) is 0 Å². The highest BCUT2D eigenvalue weighted by atomic mass is 35.5. The van der Waals surface area contributed by atoms with Gasteiger partial charge >= 0.3 is 0 Å². The van der Waals surface area contributed by atoms with Crippen molar-refractivity contribution in [2.75, 3.05) is 19.5 Å². The summed E-state index contributed by atoms with van der Waals surface area (Å²) >= 11 is 5.40. The zero-order valence-corrected chi connectivity index (χ0v) is 5.78. The first-order chi connectivity index (χ1) is 3.85. The van der Waals surface area contributed by atoms with Crippen LogP contribution < -0.4 is 5.32 Å². The van der Waals surface area contributed by atoms with Crippen LogP contribution >= 0.6 is 11.6 Å². The van der Waals surface area contributed by atoms with Gasteiger partial charge < -0.3 is 10.4 Å². The van der Waals surface area contributed by atoms with E-state index in [-0.39, 0.29) is 12.6 Å². The minimum atomic E-state index is 0.170. The normalized spacial score (nSPS) is 13.9. The van der Waals surface area contributed by atoms with Crippen molar-refractivity contribution in [1.29, 1.82) is 0 Å². The molecule has 50 valence electrons. The van der Waals surface area contributed by atoms with Crippen molar-refractivity contribution in [3.63, 3.8) is 0 Å². The summed E-state index contributed by atoms with van der Waals surface area (Å²) in [5, 5.41) is 11.5. The van der Waals surface area contributed by atoms with E-state index >= 15 is 0 Å². The molecule has 0 aliphatic rings. The third-order valence-electron chi connectivity index (χ3n) is 1.09. The number of likely N-dealkylation sites (N-methyl/N-ethyl adjacent to an activating group) is 1. The smallest absolute Gasteiger partial charge is 0.0584 e. The number of halogens is 1. The molecule has 3 heteroatoms. The quantitative estimate of drug-likeness (QED) is 0.543. The Hall–Kier alpha value is 0.210. The first kappa shape index (κ1) is 8.21. The third kappa shape index (κ3) is 3.24. The molecule has 0 rings (SSSR count). The van der Waals surface area contributed by atoms with Gasteiger partial charge in [0.25, 0.3) is 0 Å². The number of alkyl halides is 1. The van der Waals surface area contributed by atoms with Gasteiger partial charge in [0.1, 0.15) is 0 Å². The molecule has 0 bridgehead atoms. The van der Waals surface area contributed by atoms with E-state index in [1.165, 1.54) is 0 Å². The SMILES string of the molecule is CN[C@H](CO)CCCl. The highest BCUT2D eigenvalue weighted by molar-refractivity contribution is 6.17. The van der Waals surface area contributed by atoms with E-state index in [1.54, 1.807) is 0 Å². The van der Waals surface area contributed by atoms with Gasteiger partial charge in [-0.3, -0.25) is 0 Å². The van der Waals surface area contributed by atoms with Gasteiger partial charge in [-0.05, 0) is 13.5 Å². The highest BCUT2D eigenvalue weighted by Crippen LogP contribution is 1.90. The molecule has 0 fully saturated rings. The van der Waals surface area contributed by atoms with Crippen LogP contribution in [0.25, 0.3) is 0 Å². The maximum absolute atomic E-state index is 8.54. The molecular formula is C5H12ClNO. The largest absolute Gasteiger partial charge is 0.395 e. The minimum absolute atomic E-state index is 0.170. The molecule has 8 heavy (non-hydrogen) atoms. The predicted octanol–water partition coefficient (Wildman–Crippen LogP) is 0.196. The summed E-state index contributed by atoms with van der Waals surface area (Å²) in [5.41, 5.74) is 0. The van der Waals surface area contributed by atoms with Gasteiger partial charge in [0.15, 0.2) is 0 Å². The average molecular weight is 138 g/mol. The molecule has 0 radical (unpaired) electrons. The Balaban J connectivity index is 3.07. The fourth-order valence-corrected chi connectivity index (χ4v) is 0.722. The lowest BCUT2D eigenvalue weighted by atomic mass is 10.2. The molecule has 0 unspecified atom stereocenters. The van der Waals surface area contributed by atoms with Crippen molar-refractivity contribution in [2.24, 2.45) is 0 Å².